The van der Waals surface area contributed by atoms with E-state index in [4.69, 9.17) is 5.73 Å². The Labute approximate surface area is 111 Å². The third-order valence-electron chi connectivity index (χ3n) is 3.48. The molecule has 0 unspecified atom stereocenters. The molecule has 0 saturated heterocycles. The zero-order chi connectivity index (χ0) is 13.4. The molecule has 0 aliphatic rings. The summed E-state index contributed by atoms with van der Waals surface area (Å²) < 4.78 is 2.13. The highest BCUT2D eigenvalue weighted by molar-refractivity contribution is 5.90. The summed E-state index contributed by atoms with van der Waals surface area (Å²) in [4.78, 5) is 12.8. The molecule has 0 spiro atoms. The smallest absolute Gasteiger partial charge is 0.146 e. The first-order valence-corrected chi connectivity index (χ1v) is 6.14. The lowest BCUT2D eigenvalue weighted by molar-refractivity contribution is 0.768. The minimum atomic E-state index is 0.533. The average molecular weight is 253 g/mol. The van der Waals surface area contributed by atoms with Gasteiger partial charge in [0.1, 0.15) is 17.8 Å². The van der Waals surface area contributed by atoms with Crippen LogP contribution in [-0.4, -0.2) is 19.5 Å². The van der Waals surface area contributed by atoms with Crippen LogP contribution in [0.3, 0.4) is 0 Å². The first-order chi connectivity index (χ1) is 9.18. The van der Waals surface area contributed by atoms with Gasteiger partial charge in [0.25, 0.3) is 0 Å². The normalized spacial score (nSPS) is 11.1. The Morgan fingerprint density at radius 2 is 2.00 bits per heavy atom. The van der Waals surface area contributed by atoms with Gasteiger partial charge in [0.2, 0.25) is 0 Å². The predicted molar refractivity (Wildman–Crippen MR) is 74.8 cm³/mol. The molecular weight excluding hydrogens is 238 g/mol. The van der Waals surface area contributed by atoms with Crippen LogP contribution < -0.4 is 5.73 Å². The van der Waals surface area contributed by atoms with Gasteiger partial charge in [-0.25, -0.2) is 9.97 Å². The number of rotatable bonds is 2. The van der Waals surface area contributed by atoms with Crippen LogP contribution in [0.1, 0.15) is 17.0 Å². The molecule has 0 atom stereocenters. The third kappa shape index (κ3) is 1.83. The van der Waals surface area contributed by atoms with Gasteiger partial charge in [0.05, 0.1) is 17.6 Å². The molecular formula is C14H15N5. The molecule has 3 aromatic heterocycles. The molecule has 0 amide bonds. The zero-order valence-electron chi connectivity index (χ0n) is 11.0. The lowest BCUT2D eigenvalue weighted by atomic mass is 10.2. The molecule has 96 valence electrons. The van der Waals surface area contributed by atoms with Crippen LogP contribution in [0.2, 0.25) is 0 Å². The molecule has 5 heteroatoms. The number of pyridine rings is 1. The minimum Gasteiger partial charge on any atom is -0.383 e. The van der Waals surface area contributed by atoms with E-state index in [0.717, 1.165) is 28.0 Å². The lowest BCUT2D eigenvalue weighted by Crippen LogP contribution is -2.04. The van der Waals surface area contributed by atoms with Gasteiger partial charge in [-0.15, -0.1) is 0 Å². The van der Waals surface area contributed by atoms with Crippen molar-refractivity contribution in [3.05, 3.63) is 47.7 Å². The number of anilines is 1. The Morgan fingerprint density at radius 3 is 2.74 bits per heavy atom. The van der Waals surface area contributed by atoms with E-state index in [1.807, 2.05) is 25.1 Å². The van der Waals surface area contributed by atoms with Crippen molar-refractivity contribution < 1.29 is 0 Å². The number of fused-ring (bicyclic) bond motifs is 1. The Hall–Kier alpha value is -2.43. The van der Waals surface area contributed by atoms with Crippen LogP contribution in [0.25, 0.3) is 11.0 Å². The number of aromatic nitrogens is 4. The molecule has 0 aliphatic carbocycles. The van der Waals surface area contributed by atoms with Gasteiger partial charge in [-0.1, -0.05) is 6.07 Å². The molecule has 0 aliphatic heterocycles. The van der Waals surface area contributed by atoms with Crippen LogP contribution in [-0.2, 0) is 6.54 Å². The maximum Gasteiger partial charge on any atom is 0.146 e. The molecule has 3 rings (SSSR count). The maximum atomic E-state index is 5.95. The van der Waals surface area contributed by atoms with Crippen LogP contribution in [0.15, 0.2) is 30.7 Å². The fourth-order valence-corrected chi connectivity index (χ4v) is 2.34. The lowest BCUT2D eigenvalue weighted by Gasteiger charge is -2.07. The minimum absolute atomic E-state index is 0.533. The van der Waals surface area contributed by atoms with Crippen molar-refractivity contribution >= 4 is 16.9 Å². The highest BCUT2D eigenvalue weighted by atomic mass is 15.1. The quantitative estimate of drug-likeness (QED) is 0.759. The van der Waals surface area contributed by atoms with Crippen molar-refractivity contribution in [1.29, 1.82) is 0 Å². The van der Waals surface area contributed by atoms with Crippen LogP contribution in [0.5, 0.6) is 0 Å². The van der Waals surface area contributed by atoms with Crippen molar-refractivity contribution in [2.24, 2.45) is 0 Å². The number of nitrogens with two attached hydrogens (primary N) is 1. The van der Waals surface area contributed by atoms with E-state index in [1.54, 1.807) is 6.20 Å². The van der Waals surface area contributed by atoms with Crippen molar-refractivity contribution in [2.45, 2.75) is 20.4 Å². The molecule has 0 radical (unpaired) electrons. The Kier molecular flexibility index (Phi) is 2.67. The average Bonchev–Trinajstić information content (AvgIpc) is 2.66. The van der Waals surface area contributed by atoms with Gasteiger partial charge in [-0.3, -0.25) is 4.98 Å². The second-order valence-electron chi connectivity index (χ2n) is 4.58. The topological polar surface area (TPSA) is 69.6 Å². The zero-order valence-corrected chi connectivity index (χ0v) is 11.0. The highest BCUT2D eigenvalue weighted by Crippen LogP contribution is 2.27. The molecule has 0 aromatic carbocycles. The summed E-state index contributed by atoms with van der Waals surface area (Å²) in [5.74, 6) is 0.533. The van der Waals surface area contributed by atoms with Crippen LogP contribution in [0.4, 0.5) is 5.82 Å². The largest absolute Gasteiger partial charge is 0.383 e. The summed E-state index contributed by atoms with van der Waals surface area (Å²) >= 11 is 0. The summed E-state index contributed by atoms with van der Waals surface area (Å²) in [5, 5.41) is 0.941. The predicted octanol–water partition coefficient (Wildman–Crippen LogP) is 2.07. The Morgan fingerprint density at radius 1 is 1.16 bits per heavy atom. The molecule has 0 bridgehead atoms. The van der Waals surface area contributed by atoms with Crippen LogP contribution in [0, 0.1) is 13.8 Å². The number of hydrogen-bond donors (Lipinski definition) is 1. The van der Waals surface area contributed by atoms with E-state index in [0.29, 0.717) is 12.4 Å². The highest BCUT2D eigenvalue weighted by Gasteiger charge is 2.15. The number of hydrogen-bond acceptors (Lipinski definition) is 4. The molecule has 0 saturated carbocycles. The monoisotopic (exact) mass is 253 g/mol. The van der Waals surface area contributed by atoms with Crippen molar-refractivity contribution in [3.8, 4) is 0 Å². The van der Waals surface area contributed by atoms with E-state index in [2.05, 4.69) is 26.4 Å². The number of nitrogen functional groups attached to an aromatic ring is 1. The van der Waals surface area contributed by atoms with Gasteiger partial charge in [0, 0.05) is 11.9 Å². The molecule has 19 heavy (non-hydrogen) atoms. The maximum absolute atomic E-state index is 5.95. The van der Waals surface area contributed by atoms with Gasteiger partial charge < -0.3 is 10.3 Å². The van der Waals surface area contributed by atoms with E-state index < -0.39 is 0 Å². The Balaban J connectivity index is 2.19. The molecule has 3 aromatic rings. The summed E-state index contributed by atoms with van der Waals surface area (Å²) in [5.41, 5.74) is 10.1. The Bertz CT molecular complexity index is 730. The molecule has 0 fully saturated rings. The first kappa shape index (κ1) is 11.6. The summed E-state index contributed by atoms with van der Waals surface area (Å²) in [7, 11) is 0. The van der Waals surface area contributed by atoms with E-state index in [9.17, 15) is 0 Å². The molecule has 5 nitrogen and oxygen atoms in total. The van der Waals surface area contributed by atoms with Crippen molar-refractivity contribution in [2.75, 3.05) is 5.73 Å². The second-order valence-corrected chi connectivity index (χ2v) is 4.58. The van der Waals surface area contributed by atoms with Gasteiger partial charge in [-0.2, -0.15) is 0 Å². The van der Waals surface area contributed by atoms with Gasteiger partial charge in [-0.05, 0) is 31.5 Å². The van der Waals surface area contributed by atoms with Crippen LogP contribution >= 0.6 is 0 Å². The van der Waals surface area contributed by atoms with Crippen molar-refractivity contribution in [3.63, 3.8) is 0 Å². The van der Waals surface area contributed by atoms with E-state index >= 15 is 0 Å². The first-order valence-electron chi connectivity index (χ1n) is 6.14. The van der Waals surface area contributed by atoms with E-state index in [1.165, 1.54) is 6.33 Å². The SMILES string of the molecule is Cc1c(C)n(Cc2ccccn2)c2ncnc(N)c12. The fourth-order valence-electron chi connectivity index (χ4n) is 2.34. The van der Waals surface area contributed by atoms with E-state index in [-0.39, 0.29) is 0 Å². The standard InChI is InChI=1S/C14H15N5/c1-9-10(2)19(7-11-5-3-4-6-16-11)14-12(9)13(15)17-8-18-14/h3-6,8H,7H2,1-2H3,(H2,15,17,18). The number of aryl methyl sites for hydroxylation is 1. The fraction of sp³-hybridized carbons (Fsp3) is 0.214. The molecule has 3 heterocycles. The summed E-state index contributed by atoms with van der Waals surface area (Å²) in [6.07, 6.45) is 3.30. The van der Waals surface area contributed by atoms with Crippen molar-refractivity contribution in [1.82, 2.24) is 19.5 Å². The van der Waals surface area contributed by atoms with Gasteiger partial charge in [0.15, 0.2) is 0 Å². The number of nitrogens with zero attached hydrogens (tertiary/aromatic N) is 4. The third-order valence-corrected chi connectivity index (χ3v) is 3.48. The second kappa shape index (κ2) is 4.35. The summed E-state index contributed by atoms with van der Waals surface area (Å²) in [6, 6.07) is 5.90. The summed E-state index contributed by atoms with van der Waals surface area (Å²) in [6.45, 7) is 4.80. The van der Waals surface area contributed by atoms with Gasteiger partial charge >= 0.3 is 0 Å². The molecule has 2 N–H and O–H groups in total.